The van der Waals surface area contributed by atoms with Crippen molar-refractivity contribution in [3.63, 3.8) is 0 Å². The van der Waals surface area contributed by atoms with Crippen molar-refractivity contribution in [1.29, 1.82) is 0 Å². The lowest BCUT2D eigenvalue weighted by molar-refractivity contribution is 0.0171. The van der Waals surface area contributed by atoms with Gasteiger partial charge in [0.15, 0.2) is 5.96 Å². The molecule has 1 fully saturated rings. The van der Waals surface area contributed by atoms with Crippen molar-refractivity contribution in [1.82, 2.24) is 14.9 Å². The van der Waals surface area contributed by atoms with Gasteiger partial charge >= 0.3 is 0 Å². The van der Waals surface area contributed by atoms with Crippen LogP contribution in [-0.2, 0) is 19.5 Å². The van der Waals surface area contributed by atoms with Crippen LogP contribution in [0.1, 0.15) is 39.5 Å². The van der Waals surface area contributed by atoms with Gasteiger partial charge in [0, 0.05) is 45.9 Å². The Morgan fingerprint density at radius 3 is 2.73 bits per heavy atom. The summed E-state index contributed by atoms with van der Waals surface area (Å²) in [7, 11) is -3.12. The SMILES string of the molecule is CCNC(=NCCCOCC1CCCO1)NCCCN(CC)S(C)(=O)=O. The Hall–Kier alpha value is -0.900. The first kappa shape index (κ1) is 23.1. The number of guanidine groups is 1. The lowest BCUT2D eigenvalue weighted by atomic mass is 10.2. The fraction of sp³-hybridized carbons (Fsp3) is 0.941. The van der Waals surface area contributed by atoms with Crippen LogP contribution in [0.15, 0.2) is 4.99 Å². The summed E-state index contributed by atoms with van der Waals surface area (Å²) >= 11 is 0. The maximum absolute atomic E-state index is 11.6. The molecule has 1 aliphatic heterocycles. The van der Waals surface area contributed by atoms with Crippen LogP contribution in [0.5, 0.6) is 0 Å². The van der Waals surface area contributed by atoms with Crippen molar-refractivity contribution in [3.8, 4) is 0 Å². The Labute approximate surface area is 158 Å². The van der Waals surface area contributed by atoms with Gasteiger partial charge in [-0.25, -0.2) is 12.7 Å². The molecule has 154 valence electrons. The van der Waals surface area contributed by atoms with Crippen molar-refractivity contribution in [2.75, 3.05) is 58.8 Å². The monoisotopic (exact) mass is 392 g/mol. The van der Waals surface area contributed by atoms with Gasteiger partial charge in [0.05, 0.1) is 19.0 Å². The Kier molecular flexibility index (Phi) is 11.8. The minimum absolute atomic E-state index is 0.270. The number of aliphatic imine (C=N–C) groups is 1. The second kappa shape index (κ2) is 13.3. The molecule has 0 amide bonds. The van der Waals surface area contributed by atoms with Crippen LogP contribution in [0.25, 0.3) is 0 Å². The zero-order chi connectivity index (χ0) is 19.3. The second-order valence-electron chi connectivity index (χ2n) is 6.36. The predicted molar refractivity (Wildman–Crippen MR) is 105 cm³/mol. The summed E-state index contributed by atoms with van der Waals surface area (Å²) in [6, 6.07) is 0. The topological polar surface area (TPSA) is 92.3 Å². The zero-order valence-electron chi connectivity index (χ0n) is 16.5. The van der Waals surface area contributed by atoms with E-state index in [0.29, 0.717) is 39.4 Å². The summed E-state index contributed by atoms with van der Waals surface area (Å²) in [6.45, 7) is 9.24. The van der Waals surface area contributed by atoms with E-state index >= 15 is 0 Å². The molecule has 0 bridgehead atoms. The largest absolute Gasteiger partial charge is 0.379 e. The summed E-state index contributed by atoms with van der Waals surface area (Å²) in [5, 5.41) is 6.44. The van der Waals surface area contributed by atoms with E-state index in [4.69, 9.17) is 9.47 Å². The van der Waals surface area contributed by atoms with E-state index in [1.807, 2.05) is 13.8 Å². The summed E-state index contributed by atoms with van der Waals surface area (Å²) in [5.41, 5.74) is 0. The third-order valence-corrected chi connectivity index (χ3v) is 5.47. The molecule has 1 unspecified atom stereocenters. The number of sulfonamides is 1. The van der Waals surface area contributed by atoms with E-state index in [2.05, 4.69) is 15.6 Å². The van der Waals surface area contributed by atoms with E-state index < -0.39 is 10.0 Å². The standard InChI is InChI=1S/C17H36N4O4S/c1-4-18-17(19-10-7-12-21(5-2)26(3,22)23)20-11-8-13-24-15-16-9-6-14-25-16/h16H,4-15H2,1-3H3,(H2,18,19,20). The fourth-order valence-corrected chi connectivity index (χ4v) is 3.64. The average Bonchev–Trinajstić information content (AvgIpc) is 3.10. The molecule has 1 rings (SSSR count). The zero-order valence-corrected chi connectivity index (χ0v) is 17.3. The van der Waals surface area contributed by atoms with E-state index in [9.17, 15) is 8.42 Å². The molecule has 2 N–H and O–H groups in total. The van der Waals surface area contributed by atoms with E-state index in [1.165, 1.54) is 10.6 Å². The number of nitrogens with one attached hydrogen (secondary N) is 2. The van der Waals surface area contributed by atoms with Gasteiger partial charge in [-0.15, -0.1) is 0 Å². The molecule has 1 heterocycles. The molecule has 26 heavy (non-hydrogen) atoms. The van der Waals surface area contributed by atoms with Crippen LogP contribution in [0.4, 0.5) is 0 Å². The highest BCUT2D eigenvalue weighted by atomic mass is 32.2. The predicted octanol–water partition coefficient (Wildman–Crippen LogP) is 0.799. The van der Waals surface area contributed by atoms with Crippen molar-refractivity contribution in [2.24, 2.45) is 4.99 Å². The Balaban J connectivity index is 2.17. The first-order chi connectivity index (χ1) is 12.5. The third kappa shape index (κ3) is 10.3. The van der Waals surface area contributed by atoms with Crippen LogP contribution in [-0.4, -0.2) is 83.6 Å². The fourth-order valence-electron chi connectivity index (χ4n) is 2.71. The van der Waals surface area contributed by atoms with Crippen molar-refractivity contribution >= 4 is 16.0 Å². The maximum Gasteiger partial charge on any atom is 0.211 e. The van der Waals surface area contributed by atoms with Gasteiger partial charge in [-0.1, -0.05) is 6.92 Å². The van der Waals surface area contributed by atoms with Gasteiger partial charge in [0.2, 0.25) is 10.0 Å². The molecule has 1 saturated heterocycles. The molecule has 0 aromatic carbocycles. The smallest absolute Gasteiger partial charge is 0.211 e. The quantitative estimate of drug-likeness (QED) is 0.274. The molecule has 0 aromatic heterocycles. The van der Waals surface area contributed by atoms with Crippen LogP contribution < -0.4 is 10.6 Å². The van der Waals surface area contributed by atoms with Crippen molar-refractivity contribution in [2.45, 2.75) is 45.6 Å². The second-order valence-corrected chi connectivity index (χ2v) is 8.34. The van der Waals surface area contributed by atoms with Gasteiger partial charge < -0.3 is 20.1 Å². The van der Waals surface area contributed by atoms with E-state index in [-0.39, 0.29) is 6.10 Å². The summed E-state index contributed by atoms with van der Waals surface area (Å²) in [5.74, 6) is 0.758. The van der Waals surface area contributed by atoms with Gasteiger partial charge in [0.25, 0.3) is 0 Å². The molecule has 1 aliphatic rings. The molecular formula is C17H36N4O4S. The summed E-state index contributed by atoms with van der Waals surface area (Å²) in [6.07, 6.45) is 5.34. The molecule has 0 aliphatic carbocycles. The Morgan fingerprint density at radius 1 is 1.31 bits per heavy atom. The Morgan fingerprint density at radius 2 is 2.12 bits per heavy atom. The highest BCUT2D eigenvalue weighted by Gasteiger charge is 2.15. The maximum atomic E-state index is 11.6. The molecule has 0 radical (unpaired) electrons. The number of hydrogen-bond acceptors (Lipinski definition) is 5. The minimum Gasteiger partial charge on any atom is -0.379 e. The van der Waals surface area contributed by atoms with E-state index in [1.54, 1.807) is 0 Å². The first-order valence-corrected chi connectivity index (χ1v) is 11.5. The highest BCUT2D eigenvalue weighted by molar-refractivity contribution is 7.88. The summed E-state index contributed by atoms with van der Waals surface area (Å²) in [4.78, 5) is 4.52. The normalized spacial score (nSPS) is 18.5. The molecule has 9 heteroatoms. The van der Waals surface area contributed by atoms with Gasteiger partial charge in [0.1, 0.15) is 0 Å². The number of hydrogen-bond donors (Lipinski definition) is 2. The molecule has 0 saturated carbocycles. The van der Waals surface area contributed by atoms with Gasteiger partial charge in [-0.3, -0.25) is 4.99 Å². The van der Waals surface area contributed by atoms with Crippen molar-refractivity contribution < 1.29 is 17.9 Å². The number of ether oxygens (including phenoxy) is 2. The first-order valence-electron chi connectivity index (χ1n) is 9.64. The van der Waals surface area contributed by atoms with Crippen molar-refractivity contribution in [3.05, 3.63) is 0 Å². The third-order valence-electron chi connectivity index (χ3n) is 4.09. The molecule has 0 aromatic rings. The average molecular weight is 393 g/mol. The minimum atomic E-state index is -3.12. The van der Waals surface area contributed by atoms with Crippen LogP contribution in [0.2, 0.25) is 0 Å². The molecule has 8 nitrogen and oxygen atoms in total. The number of rotatable bonds is 13. The lowest BCUT2D eigenvalue weighted by Crippen LogP contribution is -2.39. The summed E-state index contributed by atoms with van der Waals surface area (Å²) < 4.78 is 35.7. The molecular weight excluding hydrogens is 356 g/mol. The number of nitrogens with zero attached hydrogens (tertiary/aromatic N) is 2. The van der Waals surface area contributed by atoms with Crippen LogP contribution in [0.3, 0.4) is 0 Å². The van der Waals surface area contributed by atoms with Crippen LogP contribution >= 0.6 is 0 Å². The van der Waals surface area contributed by atoms with E-state index in [0.717, 1.165) is 44.8 Å². The molecule has 1 atom stereocenters. The Bertz CT molecular complexity index is 493. The van der Waals surface area contributed by atoms with Crippen LogP contribution in [0, 0.1) is 0 Å². The van der Waals surface area contributed by atoms with Gasteiger partial charge in [-0.2, -0.15) is 0 Å². The lowest BCUT2D eigenvalue weighted by Gasteiger charge is -2.18. The van der Waals surface area contributed by atoms with Gasteiger partial charge in [-0.05, 0) is 32.6 Å². The highest BCUT2D eigenvalue weighted by Crippen LogP contribution is 2.11. The molecule has 0 spiro atoms.